The van der Waals surface area contributed by atoms with Crippen LogP contribution in [0.1, 0.15) is 46.0 Å². The van der Waals surface area contributed by atoms with E-state index in [0.717, 1.165) is 25.7 Å². The molecule has 4 unspecified atom stereocenters. The molecule has 4 heteroatoms. The summed E-state index contributed by atoms with van der Waals surface area (Å²) >= 11 is 0. The highest BCUT2D eigenvalue weighted by Crippen LogP contribution is 2.63. The predicted molar refractivity (Wildman–Crippen MR) is 92.2 cm³/mol. The fourth-order valence-electron chi connectivity index (χ4n) is 6.31. The summed E-state index contributed by atoms with van der Waals surface area (Å²) in [5, 5.41) is 24.0. The number of aliphatic hydroxyl groups is 2. The van der Waals surface area contributed by atoms with E-state index in [9.17, 15) is 14.6 Å². The quantitative estimate of drug-likeness (QED) is 0.691. The predicted octanol–water partition coefficient (Wildman–Crippen LogP) is 2.74. The molecule has 8 atom stereocenters. The zero-order chi connectivity index (χ0) is 17.3. The Morgan fingerprint density at radius 3 is 2.67 bits per heavy atom. The minimum atomic E-state index is -1.10. The Kier molecular flexibility index (Phi) is 3.76. The summed E-state index contributed by atoms with van der Waals surface area (Å²) in [7, 11) is 1.92. The van der Waals surface area contributed by atoms with Crippen LogP contribution in [-0.4, -0.2) is 41.7 Å². The van der Waals surface area contributed by atoms with Crippen molar-refractivity contribution in [2.45, 2.75) is 70.4 Å². The minimum absolute atomic E-state index is 0.0394. The molecule has 3 nitrogen and oxygen atoms in total. The van der Waals surface area contributed by atoms with Gasteiger partial charge in [-0.1, -0.05) is 37.1 Å². The Morgan fingerprint density at radius 2 is 1.96 bits per heavy atom. The van der Waals surface area contributed by atoms with Crippen molar-refractivity contribution in [3.05, 3.63) is 23.3 Å². The molecule has 0 heterocycles. The maximum Gasteiger partial charge on any atom is 0.127 e. The maximum atomic E-state index is 14.3. The van der Waals surface area contributed by atoms with E-state index < -0.39 is 12.3 Å². The standard InChI is InChI=1S/C20H30FNO2/c1-19-7-6-13-12(14(19)9-15(21)18(19)24)5-4-11-8-17(23)16(22-3)10-20(11,13)2/h4-5,13-18,22-24H,6-10H2,1-3H3/t13-,14+,15?,16?,17?,18?,19+,20+/m1/s1. The lowest BCUT2D eigenvalue weighted by molar-refractivity contribution is -0.0209. The van der Waals surface area contributed by atoms with Crippen LogP contribution in [0.3, 0.4) is 0 Å². The van der Waals surface area contributed by atoms with Crippen LogP contribution >= 0.6 is 0 Å². The lowest BCUT2D eigenvalue weighted by Crippen LogP contribution is -2.53. The number of hydrogen-bond donors (Lipinski definition) is 3. The first-order valence-electron chi connectivity index (χ1n) is 9.40. The van der Waals surface area contributed by atoms with Gasteiger partial charge in [0.15, 0.2) is 0 Å². The van der Waals surface area contributed by atoms with Gasteiger partial charge < -0.3 is 15.5 Å². The van der Waals surface area contributed by atoms with Crippen molar-refractivity contribution < 1.29 is 14.6 Å². The fourth-order valence-corrected chi connectivity index (χ4v) is 6.31. The molecule has 4 aliphatic carbocycles. The molecule has 0 saturated heterocycles. The van der Waals surface area contributed by atoms with E-state index in [2.05, 4.69) is 31.3 Å². The normalized spacial score (nSPS) is 53.6. The molecular formula is C20H30FNO2. The lowest BCUT2D eigenvalue weighted by atomic mass is 9.50. The number of rotatable bonds is 1. The number of fused-ring (bicyclic) bond motifs is 5. The van der Waals surface area contributed by atoms with Crippen molar-refractivity contribution in [2.24, 2.45) is 22.7 Å². The topological polar surface area (TPSA) is 52.5 Å². The Labute approximate surface area is 144 Å². The van der Waals surface area contributed by atoms with Gasteiger partial charge in [0.25, 0.3) is 0 Å². The van der Waals surface area contributed by atoms with Crippen molar-refractivity contribution in [1.82, 2.24) is 5.32 Å². The zero-order valence-electron chi connectivity index (χ0n) is 14.9. The number of halogens is 1. The molecule has 0 spiro atoms. The van der Waals surface area contributed by atoms with Gasteiger partial charge in [0.1, 0.15) is 6.17 Å². The first-order valence-corrected chi connectivity index (χ1v) is 9.40. The van der Waals surface area contributed by atoms with Gasteiger partial charge in [-0.25, -0.2) is 4.39 Å². The number of nitrogens with one attached hydrogen (secondary N) is 1. The average molecular weight is 335 g/mol. The summed E-state index contributed by atoms with van der Waals surface area (Å²) in [6, 6.07) is 0.114. The van der Waals surface area contributed by atoms with Gasteiger partial charge in [0, 0.05) is 11.5 Å². The highest BCUT2D eigenvalue weighted by Gasteiger charge is 2.59. The van der Waals surface area contributed by atoms with Crippen LogP contribution in [0, 0.1) is 22.7 Å². The molecule has 0 aliphatic heterocycles. The number of likely N-dealkylation sites (N-methyl/N-ethyl adjacent to an activating group) is 1. The summed E-state index contributed by atoms with van der Waals surface area (Å²) < 4.78 is 14.3. The second-order valence-corrected chi connectivity index (χ2v) is 8.99. The molecule has 4 rings (SSSR count). The molecule has 0 aromatic rings. The second-order valence-electron chi connectivity index (χ2n) is 8.99. The van der Waals surface area contributed by atoms with E-state index in [4.69, 9.17) is 0 Å². The molecule has 3 N–H and O–H groups in total. The van der Waals surface area contributed by atoms with Crippen LogP contribution in [0.5, 0.6) is 0 Å². The van der Waals surface area contributed by atoms with E-state index in [1.165, 1.54) is 11.1 Å². The van der Waals surface area contributed by atoms with Crippen LogP contribution < -0.4 is 5.32 Å². The van der Waals surface area contributed by atoms with E-state index in [-0.39, 0.29) is 28.9 Å². The van der Waals surface area contributed by atoms with Gasteiger partial charge in [0.2, 0.25) is 0 Å². The molecule has 0 bridgehead atoms. The first kappa shape index (κ1) is 16.7. The van der Waals surface area contributed by atoms with Crippen LogP contribution in [0.4, 0.5) is 4.39 Å². The maximum absolute atomic E-state index is 14.3. The largest absolute Gasteiger partial charge is 0.391 e. The van der Waals surface area contributed by atoms with Crippen molar-refractivity contribution in [3.8, 4) is 0 Å². The molecule has 24 heavy (non-hydrogen) atoms. The number of alkyl halides is 1. The molecular weight excluding hydrogens is 305 g/mol. The van der Waals surface area contributed by atoms with Crippen LogP contribution in [0.2, 0.25) is 0 Å². The van der Waals surface area contributed by atoms with Gasteiger partial charge in [-0.2, -0.15) is 0 Å². The third kappa shape index (κ3) is 2.06. The Hall–Kier alpha value is -0.710. The van der Waals surface area contributed by atoms with Gasteiger partial charge in [-0.15, -0.1) is 0 Å². The summed E-state index contributed by atoms with van der Waals surface area (Å²) in [5.74, 6) is 0.562. The summed E-state index contributed by atoms with van der Waals surface area (Å²) in [6.45, 7) is 4.40. The van der Waals surface area contributed by atoms with Crippen molar-refractivity contribution >= 4 is 0 Å². The van der Waals surface area contributed by atoms with Gasteiger partial charge >= 0.3 is 0 Å². The average Bonchev–Trinajstić information content (AvgIpc) is 2.78. The minimum Gasteiger partial charge on any atom is -0.391 e. The summed E-state index contributed by atoms with van der Waals surface area (Å²) in [4.78, 5) is 0. The molecule has 134 valence electrons. The number of hydrogen-bond acceptors (Lipinski definition) is 3. The third-order valence-corrected chi connectivity index (χ3v) is 7.94. The highest BCUT2D eigenvalue weighted by atomic mass is 19.1. The van der Waals surface area contributed by atoms with Crippen LogP contribution in [0.15, 0.2) is 23.3 Å². The number of allylic oxidation sites excluding steroid dienone is 3. The monoisotopic (exact) mass is 335 g/mol. The van der Waals surface area contributed by atoms with E-state index in [1.54, 1.807) is 0 Å². The highest BCUT2D eigenvalue weighted by molar-refractivity contribution is 5.39. The molecule has 3 fully saturated rings. The van der Waals surface area contributed by atoms with Crippen LogP contribution in [-0.2, 0) is 0 Å². The summed E-state index contributed by atoms with van der Waals surface area (Å²) in [5.41, 5.74) is 2.41. The Bertz CT molecular complexity index is 602. The van der Waals surface area contributed by atoms with E-state index >= 15 is 0 Å². The van der Waals surface area contributed by atoms with Gasteiger partial charge in [0.05, 0.1) is 12.2 Å². The summed E-state index contributed by atoms with van der Waals surface area (Å²) in [6.07, 6.45) is 6.10. The fraction of sp³-hybridized carbons (Fsp3) is 0.800. The van der Waals surface area contributed by atoms with Crippen molar-refractivity contribution in [3.63, 3.8) is 0 Å². The van der Waals surface area contributed by atoms with E-state index in [1.807, 2.05) is 7.05 Å². The van der Waals surface area contributed by atoms with Crippen LogP contribution in [0.25, 0.3) is 0 Å². The third-order valence-electron chi connectivity index (χ3n) is 7.94. The molecule has 3 saturated carbocycles. The smallest absolute Gasteiger partial charge is 0.127 e. The van der Waals surface area contributed by atoms with Gasteiger partial charge in [-0.3, -0.25) is 0 Å². The first-order chi connectivity index (χ1) is 11.3. The Morgan fingerprint density at radius 1 is 1.21 bits per heavy atom. The molecule has 0 aromatic heterocycles. The molecule has 0 amide bonds. The molecule has 0 aromatic carbocycles. The second kappa shape index (κ2) is 5.39. The van der Waals surface area contributed by atoms with E-state index in [0.29, 0.717) is 12.3 Å². The molecule has 0 radical (unpaired) electrons. The van der Waals surface area contributed by atoms with Crippen molar-refractivity contribution in [1.29, 1.82) is 0 Å². The number of aliphatic hydroxyl groups excluding tert-OH is 2. The lowest BCUT2D eigenvalue weighted by Gasteiger charge is -2.55. The SMILES string of the molecule is CNC1C[C@@]2(C)C(=CC=C3[C@H]2CC[C@]2(C)C(O)C(F)C[C@@H]32)CC1O. The molecule has 4 aliphatic rings. The van der Waals surface area contributed by atoms with Gasteiger partial charge in [-0.05, 0) is 56.4 Å². The Balaban J connectivity index is 1.72. The van der Waals surface area contributed by atoms with Crippen molar-refractivity contribution in [2.75, 3.05) is 7.05 Å². The zero-order valence-corrected chi connectivity index (χ0v) is 14.9.